The Morgan fingerprint density at radius 3 is 1.95 bits per heavy atom. The average Bonchev–Trinajstić information content (AvgIpc) is 2.38. The Hall–Kier alpha value is -1.84. The summed E-state index contributed by atoms with van der Waals surface area (Å²) in [4.78, 5) is 25.6. The Labute approximate surface area is 121 Å². The molecule has 1 N–H and O–H groups in total. The number of hydrogen-bond donors (Lipinski definition) is 1. The summed E-state index contributed by atoms with van der Waals surface area (Å²) >= 11 is 0. The summed E-state index contributed by atoms with van der Waals surface area (Å²) in [6.45, 7) is 9.83. The molecule has 0 heterocycles. The zero-order chi connectivity index (χ0) is 15.3. The maximum Gasteiger partial charge on any atom is 0.254 e. The zero-order valence-corrected chi connectivity index (χ0v) is 12.9. The lowest BCUT2D eigenvalue weighted by Crippen LogP contribution is -2.42. The summed E-state index contributed by atoms with van der Waals surface area (Å²) in [6.07, 6.45) is 0.440. The van der Waals surface area contributed by atoms with Gasteiger partial charge in [-0.2, -0.15) is 0 Å². The largest absolute Gasteiger partial charge is 0.334 e. The van der Waals surface area contributed by atoms with Crippen molar-refractivity contribution in [1.82, 2.24) is 4.90 Å². The van der Waals surface area contributed by atoms with Crippen molar-refractivity contribution in [3.63, 3.8) is 0 Å². The summed E-state index contributed by atoms with van der Waals surface area (Å²) in [5.74, 6) is -0.0153. The van der Waals surface area contributed by atoms with E-state index in [2.05, 4.69) is 5.32 Å². The van der Waals surface area contributed by atoms with E-state index >= 15 is 0 Å². The number of hydrogen-bond acceptors (Lipinski definition) is 2. The van der Waals surface area contributed by atoms with Crippen LogP contribution in [-0.2, 0) is 4.79 Å². The molecule has 0 aliphatic carbocycles. The van der Waals surface area contributed by atoms with Gasteiger partial charge in [0.2, 0.25) is 5.91 Å². The summed E-state index contributed by atoms with van der Waals surface area (Å²) in [6, 6.07) is 7.35. The van der Waals surface area contributed by atoms with Crippen LogP contribution in [0.15, 0.2) is 24.3 Å². The van der Waals surface area contributed by atoms with Crippen molar-refractivity contribution in [2.75, 3.05) is 5.32 Å². The van der Waals surface area contributed by atoms with Crippen molar-refractivity contribution in [2.45, 2.75) is 53.1 Å². The Kier molecular flexibility index (Phi) is 5.74. The molecule has 0 unspecified atom stereocenters. The predicted octanol–water partition coefficient (Wildman–Crippen LogP) is 3.29. The maximum absolute atomic E-state index is 12.5. The van der Waals surface area contributed by atoms with E-state index in [4.69, 9.17) is 0 Å². The van der Waals surface area contributed by atoms with Gasteiger partial charge in [0.15, 0.2) is 0 Å². The second-order valence-electron chi connectivity index (χ2n) is 5.38. The molecule has 0 aliphatic rings. The number of carbonyl (C=O) groups excluding carboxylic acids is 2. The molecular weight excluding hydrogens is 252 g/mol. The molecule has 0 atom stereocenters. The molecule has 0 saturated carbocycles. The van der Waals surface area contributed by atoms with Crippen molar-refractivity contribution in [3.8, 4) is 0 Å². The molecule has 0 aliphatic heterocycles. The molecule has 0 spiro atoms. The van der Waals surface area contributed by atoms with Gasteiger partial charge < -0.3 is 10.2 Å². The second kappa shape index (κ2) is 7.08. The topological polar surface area (TPSA) is 49.4 Å². The molecular formula is C16H24N2O2. The molecule has 0 aromatic heterocycles. The van der Waals surface area contributed by atoms with E-state index in [1.165, 1.54) is 0 Å². The van der Waals surface area contributed by atoms with E-state index < -0.39 is 0 Å². The summed E-state index contributed by atoms with van der Waals surface area (Å²) in [5, 5.41) is 2.77. The van der Waals surface area contributed by atoms with Crippen LogP contribution in [0.25, 0.3) is 0 Å². The summed E-state index contributed by atoms with van der Waals surface area (Å²) < 4.78 is 0. The number of rotatable bonds is 5. The van der Waals surface area contributed by atoms with E-state index in [1.54, 1.807) is 31.2 Å². The number of carbonyl (C=O) groups is 2. The lowest BCUT2D eigenvalue weighted by Gasteiger charge is -2.30. The molecule has 1 aromatic carbocycles. The minimum atomic E-state index is -0.0323. The number of benzene rings is 1. The van der Waals surface area contributed by atoms with Crippen LogP contribution < -0.4 is 5.32 Å². The Bertz CT molecular complexity index is 456. The van der Waals surface area contributed by atoms with Crippen LogP contribution in [0.4, 0.5) is 5.69 Å². The van der Waals surface area contributed by atoms with E-state index in [9.17, 15) is 9.59 Å². The van der Waals surface area contributed by atoms with Gasteiger partial charge in [-0.05, 0) is 52.0 Å². The smallest absolute Gasteiger partial charge is 0.254 e. The van der Waals surface area contributed by atoms with E-state index in [1.807, 2.05) is 32.6 Å². The molecule has 110 valence electrons. The molecule has 20 heavy (non-hydrogen) atoms. The van der Waals surface area contributed by atoms with E-state index in [-0.39, 0.29) is 23.9 Å². The van der Waals surface area contributed by atoms with Gasteiger partial charge in [0.25, 0.3) is 5.91 Å². The van der Waals surface area contributed by atoms with Crippen LogP contribution in [0.2, 0.25) is 0 Å². The first-order chi connectivity index (χ1) is 9.36. The second-order valence-corrected chi connectivity index (χ2v) is 5.38. The minimum absolute atomic E-state index is 0.0170. The zero-order valence-electron chi connectivity index (χ0n) is 12.9. The molecule has 4 nitrogen and oxygen atoms in total. The number of amides is 2. The third-order valence-corrected chi connectivity index (χ3v) is 3.08. The summed E-state index contributed by atoms with van der Waals surface area (Å²) in [5.41, 5.74) is 1.36. The minimum Gasteiger partial charge on any atom is -0.334 e. The van der Waals surface area contributed by atoms with Crippen molar-refractivity contribution < 1.29 is 9.59 Å². The number of anilines is 1. The van der Waals surface area contributed by atoms with Crippen LogP contribution in [-0.4, -0.2) is 28.8 Å². The highest BCUT2D eigenvalue weighted by Gasteiger charge is 2.21. The first kappa shape index (κ1) is 16.2. The van der Waals surface area contributed by atoms with Crippen molar-refractivity contribution in [2.24, 2.45) is 0 Å². The van der Waals surface area contributed by atoms with Crippen molar-refractivity contribution in [3.05, 3.63) is 29.8 Å². The Morgan fingerprint density at radius 2 is 1.55 bits per heavy atom. The molecule has 1 rings (SSSR count). The molecule has 0 radical (unpaired) electrons. The van der Waals surface area contributed by atoms with Gasteiger partial charge in [0, 0.05) is 29.8 Å². The normalized spacial score (nSPS) is 10.8. The van der Waals surface area contributed by atoms with Gasteiger partial charge in [-0.25, -0.2) is 0 Å². The third-order valence-electron chi connectivity index (χ3n) is 3.08. The van der Waals surface area contributed by atoms with Crippen LogP contribution in [0.5, 0.6) is 0 Å². The van der Waals surface area contributed by atoms with Crippen LogP contribution >= 0.6 is 0 Å². The van der Waals surface area contributed by atoms with Gasteiger partial charge in [0.1, 0.15) is 0 Å². The standard InChI is InChI=1S/C16H24N2O2/c1-6-15(19)17-14-9-7-13(8-10-14)16(20)18(11(2)3)12(4)5/h7-12H,6H2,1-5H3,(H,17,19). The Morgan fingerprint density at radius 1 is 1.05 bits per heavy atom. The lowest BCUT2D eigenvalue weighted by atomic mass is 10.1. The van der Waals surface area contributed by atoms with Crippen LogP contribution in [0.3, 0.4) is 0 Å². The molecule has 0 saturated heterocycles. The first-order valence-corrected chi connectivity index (χ1v) is 7.09. The lowest BCUT2D eigenvalue weighted by molar-refractivity contribution is -0.115. The third kappa shape index (κ3) is 4.08. The van der Waals surface area contributed by atoms with Gasteiger partial charge in [-0.15, -0.1) is 0 Å². The van der Waals surface area contributed by atoms with Gasteiger partial charge in [-0.1, -0.05) is 6.92 Å². The fourth-order valence-electron chi connectivity index (χ4n) is 2.16. The monoisotopic (exact) mass is 276 g/mol. The Balaban J connectivity index is 2.87. The van der Waals surface area contributed by atoms with E-state index in [0.29, 0.717) is 17.7 Å². The quantitative estimate of drug-likeness (QED) is 0.897. The fourth-order valence-corrected chi connectivity index (χ4v) is 2.16. The average molecular weight is 276 g/mol. The van der Waals surface area contributed by atoms with Crippen LogP contribution in [0, 0.1) is 0 Å². The van der Waals surface area contributed by atoms with Crippen molar-refractivity contribution >= 4 is 17.5 Å². The predicted molar refractivity (Wildman–Crippen MR) is 81.8 cm³/mol. The fraction of sp³-hybridized carbons (Fsp3) is 0.500. The van der Waals surface area contributed by atoms with Gasteiger partial charge in [0.05, 0.1) is 0 Å². The molecule has 1 aromatic rings. The molecule has 0 fully saturated rings. The van der Waals surface area contributed by atoms with Gasteiger partial charge in [-0.3, -0.25) is 9.59 Å². The van der Waals surface area contributed by atoms with E-state index in [0.717, 1.165) is 0 Å². The number of nitrogens with one attached hydrogen (secondary N) is 1. The highest BCUT2D eigenvalue weighted by molar-refractivity contribution is 5.96. The first-order valence-electron chi connectivity index (χ1n) is 7.09. The number of nitrogens with zero attached hydrogens (tertiary/aromatic N) is 1. The van der Waals surface area contributed by atoms with Crippen LogP contribution in [0.1, 0.15) is 51.4 Å². The molecule has 4 heteroatoms. The van der Waals surface area contributed by atoms with Crippen molar-refractivity contribution in [1.29, 1.82) is 0 Å². The molecule has 0 bridgehead atoms. The summed E-state index contributed by atoms with van der Waals surface area (Å²) in [7, 11) is 0. The highest BCUT2D eigenvalue weighted by Crippen LogP contribution is 2.15. The van der Waals surface area contributed by atoms with Gasteiger partial charge >= 0.3 is 0 Å². The molecule has 2 amide bonds. The SMILES string of the molecule is CCC(=O)Nc1ccc(C(=O)N(C(C)C)C(C)C)cc1. The highest BCUT2D eigenvalue weighted by atomic mass is 16.2. The maximum atomic E-state index is 12.5.